The molecule has 0 spiro atoms. The lowest BCUT2D eigenvalue weighted by Crippen LogP contribution is -2.42. The van der Waals surface area contributed by atoms with Crippen LogP contribution < -0.4 is 4.90 Å². The molecule has 17 heavy (non-hydrogen) atoms. The van der Waals surface area contributed by atoms with Gasteiger partial charge in [0.25, 0.3) is 0 Å². The molecule has 94 valence electrons. The van der Waals surface area contributed by atoms with E-state index in [2.05, 4.69) is 34.8 Å². The van der Waals surface area contributed by atoms with Crippen LogP contribution in [0.15, 0.2) is 12.4 Å². The predicted molar refractivity (Wildman–Crippen MR) is 71.8 cm³/mol. The quantitative estimate of drug-likeness (QED) is 0.755. The maximum atomic E-state index is 5.89. The Hall–Kier alpha value is -0.830. The summed E-state index contributed by atoms with van der Waals surface area (Å²) < 4.78 is 0. The van der Waals surface area contributed by atoms with Crippen LogP contribution >= 0.6 is 11.6 Å². The second kappa shape index (κ2) is 5.67. The van der Waals surface area contributed by atoms with Gasteiger partial charge in [0.2, 0.25) is 0 Å². The SMILES string of the molecule is CC(C)c1cc(N(CCCl)C2CCC2)ncn1. The molecule has 1 fully saturated rings. The summed E-state index contributed by atoms with van der Waals surface area (Å²) in [4.78, 5) is 11.1. The minimum absolute atomic E-state index is 0.441. The van der Waals surface area contributed by atoms with E-state index < -0.39 is 0 Å². The highest BCUT2D eigenvalue weighted by Crippen LogP contribution is 2.29. The van der Waals surface area contributed by atoms with Gasteiger partial charge in [0.05, 0.1) is 0 Å². The second-order valence-electron chi connectivity index (χ2n) is 4.92. The van der Waals surface area contributed by atoms with E-state index in [9.17, 15) is 0 Å². The van der Waals surface area contributed by atoms with Crippen LogP contribution in [-0.2, 0) is 0 Å². The molecule has 0 unspecified atom stereocenters. The molecule has 1 heterocycles. The van der Waals surface area contributed by atoms with E-state index in [-0.39, 0.29) is 0 Å². The third-order valence-electron chi connectivity index (χ3n) is 3.40. The summed E-state index contributed by atoms with van der Waals surface area (Å²) in [6, 6.07) is 2.74. The maximum Gasteiger partial charge on any atom is 0.132 e. The number of halogens is 1. The van der Waals surface area contributed by atoms with Crippen molar-refractivity contribution in [2.45, 2.75) is 45.1 Å². The van der Waals surface area contributed by atoms with Gasteiger partial charge < -0.3 is 4.90 Å². The molecule has 1 aromatic heterocycles. The highest BCUT2D eigenvalue weighted by Gasteiger charge is 2.25. The third kappa shape index (κ3) is 2.89. The molecule has 0 aliphatic heterocycles. The molecule has 4 heteroatoms. The number of rotatable bonds is 5. The van der Waals surface area contributed by atoms with E-state index in [1.165, 1.54) is 19.3 Å². The van der Waals surface area contributed by atoms with Gasteiger partial charge in [-0.2, -0.15) is 0 Å². The lowest BCUT2D eigenvalue weighted by Gasteiger charge is -2.38. The van der Waals surface area contributed by atoms with Crippen molar-refractivity contribution in [3.05, 3.63) is 18.1 Å². The van der Waals surface area contributed by atoms with Gasteiger partial charge in [0.15, 0.2) is 0 Å². The molecule has 0 bridgehead atoms. The van der Waals surface area contributed by atoms with Gasteiger partial charge in [-0.1, -0.05) is 13.8 Å². The van der Waals surface area contributed by atoms with E-state index in [1.807, 2.05) is 0 Å². The summed E-state index contributed by atoms with van der Waals surface area (Å²) in [6.07, 6.45) is 5.52. The molecule has 0 radical (unpaired) electrons. The van der Waals surface area contributed by atoms with Gasteiger partial charge in [-0.25, -0.2) is 9.97 Å². The van der Waals surface area contributed by atoms with Crippen LogP contribution in [0.4, 0.5) is 5.82 Å². The van der Waals surface area contributed by atoms with Crippen LogP contribution in [-0.4, -0.2) is 28.4 Å². The van der Waals surface area contributed by atoms with E-state index in [4.69, 9.17) is 11.6 Å². The summed E-state index contributed by atoms with van der Waals surface area (Å²) in [5.74, 6) is 2.13. The average molecular weight is 254 g/mol. The number of hydrogen-bond donors (Lipinski definition) is 0. The smallest absolute Gasteiger partial charge is 0.132 e. The minimum atomic E-state index is 0.441. The van der Waals surface area contributed by atoms with Gasteiger partial charge in [-0.05, 0) is 25.2 Å². The lowest BCUT2D eigenvalue weighted by molar-refractivity contribution is 0.388. The predicted octanol–water partition coefficient (Wildman–Crippen LogP) is 3.20. The molecule has 0 saturated heterocycles. The first-order chi connectivity index (χ1) is 8.22. The zero-order valence-corrected chi connectivity index (χ0v) is 11.3. The molecule has 3 nitrogen and oxygen atoms in total. The Labute approximate surface area is 108 Å². The van der Waals surface area contributed by atoms with E-state index in [0.717, 1.165) is 18.1 Å². The van der Waals surface area contributed by atoms with Gasteiger partial charge in [0.1, 0.15) is 12.1 Å². The van der Waals surface area contributed by atoms with Gasteiger partial charge >= 0.3 is 0 Å². The van der Waals surface area contributed by atoms with Crippen molar-refractivity contribution in [3.63, 3.8) is 0 Å². The molecule has 1 saturated carbocycles. The summed E-state index contributed by atoms with van der Waals surface area (Å²) in [7, 11) is 0. The second-order valence-corrected chi connectivity index (χ2v) is 5.30. The summed E-state index contributed by atoms with van der Waals surface area (Å²) in [5.41, 5.74) is 1.11. The maximum absolute atomic E-state index is 5.89. The summed E-state index contributed by atoms with van der Waals surface area (Å²) in [5, 5.41) is 0. The van der Waals surface area contributed by atoms with Crippen molar-refractivity contribution in [2.24, 2.45) is 0 Å². The third-order valence-corrected chi connectivity index (χ3v) is 3.57. The molecule has 1 aliphatic rings. The highest BCUT2D eigenvalue weighted by molar-refractivity contribution is 6.18. The van der Waals surface area contributed by atoms with Crippen molar-refractivity contribution >= 4 is 17.4 Å². The Bertz CT molecular complexity index is 363. The van der Waals surface area contributed by atoms with Crippen molar-refractivity contribution in [1.29, 1.82) is 0 Å². The van der Waals surface area contributed by atoms with Crippen LogP contribution in [0.5, 0.6) is 0 Å². The van der Waals surface area contributed by atoms with Crippen LogP contribution in [0, 0.1) is 0 Å². The fourth-order valence-electron chi connectivity index (χ4n) is 2.11. The number of nitrogens with zero attached hydrogens (tertiary/aromatic N) is 3. The van der Waals surface area contributed by atoms with Crippen LogP contribution in [0.1, 0.15) is 44.7 Å². The van der Waals surface area contributed by atoms with Gasteiger partial charge in [-0.15, -0.1) is 11.6 Å². The average Bonchev–Trinajstić information content (AvgIpc) is 2.26. The highest BCUT2D eigenvalue weighted by atomic mass is 35.5. The van der Waals surface area contributed by atoms with Gasteiger partial charge in [0, 0.05) is 30.2 Å². The van der Waals surface area contributed by atoms with Crippen LogP contribution in [0.3, 0.4) is 0 Å². The Kier molecular flexibility index (Phi) is 4.21. The van der Waals surface area contributed by atoms with Gasteiger partial charge in [-0.3, -0.25) is 0 Å². The number of anilines is 1. The van der Waals surface area contributed by atoms with Crippen LogP contribution in [0.25, 0.3) is 0 Å². The first kappa shape index (κ1) is 12.6. The number of aromatic nitrogens is 2. The summed E-state index contributed by atoms with van der Waals surface area (Å²) in [6.45, 7) is 5.18. The first-order valence-electron chi connectivity index (χ1n) is 6.37. The molecule has 0 aromatic carbocycles. The Balaban J connectivity index is 2.19. The molecule has 0 amide bonds. The molecule has 0 atom stereocenters. The van der Waals surface area contributed by atoms with Crippen molar-refractivity contribution in [1.82, 2.24) is 9.97 Å². The normalized spacial score (nSPS) is 16.0. The zero-order valence-electron chi connectivity index (χ0n) is 10.6. The molecule has 1 aliphatic carbocycles. The van der Waals surface area contributed by atoms with Crippen molar-refractivity contribution in [2.75, 3.05) is 17.3 Å². The Morgan fingerprint density at radius 1 is 1.41 bits per heavy atom. The van der Waals surface area contributed by atoms with E-state index in [1.54, 1.807) is 6.33 Å². The molecule has 1 aromatic rings. The minimum Gasteiger partial charge on any atom is -0.352 e. The van der Waals surface area contributed by atoms with Crippen molar-refractivity contribution in [3.8, 4) is 0 Å². The van der Waals surface area contributed by atoms with E-state index >= 15 is 0 Å². The number of alkyl halides is 1. The monoisotopic (exact) mass is 253 g/mol. The van der Waals surface area contributed by atoms with Crippen LogP contribution in [0.2, 0.25) is 0 Å². The summed E-state index contributed by atoms with van der Waals surface area (Å²) >= 11 is 5.89. The Morgan fingerprint density at radius 3 is 2.71 bits per heavy atom. The molecular weight excluding hydrogens is 234 g/mol. The largest absolute Gasteiger partial charge is 0.352 e. The topological polar surface area (TPSA) is 29.0 Å². The Morgan fingerprint density at radius 2 is 2.18 bits per heavy atom. The van der Waals surface area contributed by atoms with Crippen molar-refractivity contribution < 1.29 is 0 Å². The fraction of sp³-hybridized carbons (Fsp3) is 0.692. The number of hydrogen-bond acceptors (Lipinski definition) is 3. The zero-order chi connectivity index (χ0) is 12.3. The lowest BCUT2D eigenvalue weighted by atomic mass is 9.91. The fourth-order valence-corrected chi connectivity index (χ4v) is 2.29. The molecule has 2 rings (SSSR count). The first-order valence-corrected chi connectivity index (χ1v) is 6.90. The molecule has 0 N–H and O–H groups in total. The standard InChI is InChI=1S/C13H20ClN3/c1-10(2)12-8-13(16-9-15-12)17(7-6-14)11-4-3-5-11/h8-11H,3-7H2,1-2H3. The van der Waals surface area contributed by atoms with E-state index in [0.29, 0.717) is 17.8 Å². The molecular formula is C13H20ClN3.